The molecule has 0 unspecified atom stereocenters. The topological polar surface area (TPSA) is 60.5 Å². The molecular weight excluding hydrogens is 300 g/mol. The number of aryl methyl sites for hydroxylation is 1. The smallest absolute Gasteiger partial charge is 0.284 e. The Bertz CT molecular complexity index is 643. The number of ether oxygens (including phenoxy) is 2. The Morgan fingerprint density at radius 2 is 2.00 bits per heavy atom. The van der Waals surface area contributed by atoms with Crippen LogP contribution in [0.25, 0.3) is 0 Å². The highest BCUT2D eigenvalue weighted by molar-refractivity contribution is 7.11. The van der Waals surface area contributed by atoms with Crippen molar-refractivity contribution in [3.8, 4) is 11.5 Å². The first-order valence-corrected chi connectivity index (χ1v) is 6.96. The van der Waals surface area contributed by atoms with Crippen LogP contribution in [0.5, 0.6) is 11.5 Å². The summed E-state index contributed by atoms with van der Waals surface area (Å²) >= 11 is 7.29. The van der Waals surface area contributed by atoms with Gasteiger partial charge in [0.05, 0.1) is 24.9 Å². The molecule has 0 aliphatic rings. The number of nitrogens with one attached hydrogen (secondary N) is 1. The highest BCUT2D eigenvalue weighted by Crippen LogP contribution is 2.36. The average molecular weight is 313 g/mol. The number of anilines is 1. The van der Waals surface area contributed by atoms with E-state index >= 15 is 0 Å². The molecule has 1 N–H and O–H groups in total. The van der Waals surface area contributed by atoms with Gasteiger partial charge in [-0.1, -0.05) is 11.6 Å². The first-order valence-electron chi connectivity index (χ1n) is 5.70. The fourth-order valence-electron chi connectivity index (χ4n) is 1.59. The van der Waals surface area contributed by atoms with Crippen LogP contribution in [0.1, 0.15) is 15.5 Å². The summed E-state index contributed by atoms with van der Waals surface area (Å²) in [4.78, 5) is 16.2. The lowest BCUT2D eigenvalue weighted by Gasteiger charge is -2.12. The summed E-state index contributed by atoms with van der Waals surface area (Å²) in [5.41, 5.74) is 1.28. The summed E-state index contributed by atoms with van der Waals surface area (Å²) in [6.07, 6.45) is 0. The van der Waals surface area contributed by atoms with E-state index in [1.807, 2.05) is 12.3 Å². The maximum Gasteiger partial charge on any atom is 0.284 e. The summed E-state index contributed by atoms with van der Waals surface area (Å²) in [7, 11) is 3.00. The van der Waals surface area contributed by atoms with Crippen molar-refractivity contribution in [2.45, 2.75) is 6.92 Å². The minimum absolute atomic E-state index is 0.300. The Hall–Kier alpha value is -1.79. The summed E-state index contributed by atoms with van der Waals surface area (Å²) in [6, 6.07) is 3.20. The van der Waals surface area contributed by atoms with Crippen LogP contribution >= 0.6 is 22.9 Å². The van der Waals surface area contributed by atoms with Crippen LogP contribution in [0.2, 0.25) is 5.02 Å². The van der Waals surface area contributed by atoms with Gasteiger partial charge in [0, 0.05) is 23.2 Å². The van der Waals surface area contributed by atoms with Crippen LogP contribution in [0.15, 0.2) is 17.5 Å². The highest BCUT2D eigenvalue weighted by Gasteiger charge is 2.15. The minimum Gasteiger partial charge on any atom is -0.495 e. The van der Waals surface area contributed by atoms with Gasteiger partial charge in [-0.25, -0.2) is 4.98 Å². The number of amides is 1. The second-order valence-electron chi connectivity index (χ2n) is 3.94. The number of nitrogens with zero attached hydrogens (tertiary/aromatic N) is 1. The average Bonchev–Trinajstić information content (AvgIpc) is 2.87. The van der Waals surface area contributed by atoms with Crippen molar-refractivity contribution >= 4 is 34.5 Å². The monoisotopic (exact) mass is 312 g/mol. The molecule has 1 aromatic heterocycles. The van der Waals surface area contributed by atoms with Gasteiger partial charge in [-0.15, -0.1) is 11.3 Å². The van der Waals surface area contributed by atoms with Gasteiger partial charge in [-0.3, -0.25) is 4.79 Å². The molecule has 0 spiro atoms. The second-order valence-corrected chi connectivity index (χ2v) is 5.20. The van der Waals surface area contributed by atoms with Gasteiger partial charge in [-0.05, 0) is 6.92 Å². The number of carbonyl (C=O) groups is 1. The van der Waals surface area contributed by atoms with E-state index in [-0.39, 0.29) is 5.91 Å². The van der Waals surface area contributed by atoms with Gasteiger partial charge in [0.15, 0.2) is 5.01 Å². The molecule has 0 bridgehead atoms. The van der Waals surface area contributed by atoms with E-state index in [9.17, 15) is 4.79 Å². The van der Waals surface area contributed by atoms with Crippen LogP contribution in [0, 0.1) is 6.92 Å². The number of carbonyl (C=O) groups excluding carboxylic acids is 1. The van der Waals surface area contributed by atoms with Gasteiger partial charge in [0.25, 0.3) is 5.91 Å². The molecule has 0 atom stereocenters. The molecular formula is C13H13ClN2O3S. The number of hydrogen-bond acceptors (Lipinski definition) is 5. The predicted molar refractivity (Wildman–Crippen MR) is 79.4 cm³/mol. The Morgan fingerprint density at radius 1 is 1.30 bits per heavy atom. The van der Waals surface area contributed by atoms with Gasteiger partial charge < -0.3 is 14.8 Å². The van der Waals surface area contributed by atoms with Crippen LogP contribution in [-0.4, -0.2) is 25.1 Å². The standard InChI is InChI=1S/C13H13ClN2O3S/c1-7-6-20-13(15-7)12(17)16-9-5-10(18-2)8(14)4-11(9)19-3/h4-6H,1-3H3,(H,16,17). The highest BCUT2D eigenvalue weighted by atomic mass is 35.5. The molecule has 0 radical (unpaired) electrons. The Labute approximate surface area is 125 Å². The summed E-state index contributed by atoms with van der Waals surface area (Å²) < 4.78 is 10.3. The minimum atomic E-state index is -0.300. The SMILES string of the molecule is COc1cc(NC(=O)c2nc(C)cs2)c(OC)cc1Cl. The molecule has 7 heteroatoms. The first-order chi connectivity index (χ1) is 9.55. The van der Waals surface area contributed by atoms with Gasteiger partial charge in [-0.2, -0.15) is 0 Å². The maximum absolute atomic E-state index is 12.1. The van der Waals surface area contributed by atoms with Crippen molar-refractivity contribution in [2.24, 2.45) is 0 Å². The normalized spacial score (nSPS) is 10.2. The molecule has 106 valence electrons. The van der Waals surface area contributed by atoms with E-state index in [4.69, 9.17) is 21.1 Å². The molecule has 5 nitrogen and oxygen atoms in total. The molecule has 0 saturated heterocycles. The van der Waals surface area contributed by atoms with E-state index in [1.54, 1.807) is 12.1 Å². The van der Waals surface area contributed by atoms with E-state index in [2.05, 4.69) is 10.3 Å². The lowest BCUT2D eigenvalue weighted by Crippen LogP contribution is -2.12. The van der Waals surface area contributed by atoms with E-state index in [0.29, 0.717) is 27.2 Å². The third-order valence-electron chi connectivity index (χ3n) is 2.54. The largest absolute Gasteiger partial charge is 0.495 e. The van der Waals surface area contributed by atoms with Crippen molar-refractivity contribution < 1.29 is 14.3 Å². The van der Waals surface area contributed by atoms with Gasteiger partial charge in [0.1, 0.15) is 11.5 Å². The van der Waals surface area contributed by atoms with Crippen molar-refractivity contribution in [1.82, 2.24) is 4.98 Å². The van der Waals surface area contributed by atoms with Crippen molar-refractivity contribution in [2.75, 3.05) is 19.5 Å². The molecule has 1 aromatic carbocycles. The fraction of sp³-hybridized carbons (Fsp3) is 0.231. The lowest BCUT2D eigenvalue weighted by molar-refractivity contribution is 0.102. The van der Waals surface area contributed by atoms with Gasteiger partial charge in [0.2, 0.25) is 0 Å². The number of thiazole rings is 1. The number of benzene rings is 1. The Balaban J connectivity index is 2.30. The van der Waals surface area contributed by atoms with Crippen LogP contribution < -0.4 is 14.8 Å². The molecule has 1 amide bonds. The molecule has 0 saturated carbocycles. The molecule has 1 heterocycles. The molecule has 20 heavy (non-hydrogen) atoms. The zero-order valence-electron chi connectivity index (χ0n) is 11.2. The number of rotatable bonds is 4. The number of hydrogen-bond donors (Lipinski definition) is 1. The van der Waals surface area contributed by atoms with Crippen LogP contribution in [0.3, 0.4) is 0 Å². The zero-order valence-corrected chi connectivity index (χ0v) is 12.8. The Kier molecular flexibility index (Phi) is 4.46. The summed E-state index contributed by atoms with van der Waals surface area (Å²) in [5, 5.41) is 5.35. The quantitative estimate of drug-likeness (QED) is 0.940. The Morgan fingerprint density at radius 3 is 2.55 bits per heavy atom. The molecule has 0 aliphatic heterocycles. The number of methoxy groups -OCH3 is 2. The van der Waals surface area contributed by atoms with E-state index < -0.39 is 0 Å². The van der Waals surface area contributed by atoms with Crippen molar-refractivity contribution in [3.63, 3.8) is 0 Å². The fourth-order valence-corrected chi connectivity index (χ4v) is 2.51. The number of aromatic nitrogens is 1. The van der Waals surface area contributed by atoms with Crippen LogP contribution in [0.4, 0.5) is 5.69 Å². The third kappa shape index (κ3) is 3.02. The maximum atomic E-state index is 12.1. The molecule has 0 fully saturated rings. The van der Waals surface area contributed by atoms with E-state index in [0.717, 1.165) is 5.69 Å². The van der Waals surface area contributed by atoms with Crippen molar-refractivity contribution in [1.29, 1.82) is 0 Å². The summed E-state index contributed by atoms with van der Waals surface area (Å²) in [6.45, 7) is 1.83. The number of halogens is 1. The molecule has 2 aromatic rings. The van der Waals surface area contributed by atoms with E-state index in [1.165, 1.54) is 25.6 Å². The van der Waals surface area contributed by atoms with Crippen LogP contribution in [-0.2, 0) is 0 Å². The molecule has 0 aliphatic carbocycles. The van der Waals surface area contributed by atoms with Gasteiger partial charge >= 0.3 is 0 Å². The van der Waals surface area contributed by atoms with Crippen molar-refractivity contribution in [3.05, 3.63) is 33.2 Å². The third-order valence-corrected chi connectivity index (χ3v) is 3.79. The first kappa shape index (κ1) is 14.6. The molecule has 2 rings (SSSR count). The predicted octanol–water partition coefficient (Wildman–Crippen LogP) is 3.37. The lowest BCUT2D eigenvalue weighted by atomic mass is 10.2. The zero-order chi connectivity index (χ0) is 14.7. The summed E-state index contributed by atoms with van der Waals surface area (Å²) in [5.74, 6) is 0.612. The second kappa shape index (κ2) is 6.11.